The third-order valence-corrected chi connectivity index (χ3v) is 13.6. The highest BCUT2D eigenvalue weighted by Crippen LogP contribution is 2.46. The molecule has 4 aromatic heterocycles. The molecule has 0 aliphatic carbocycles. The van der Waals surface area contributed by atoms with Crippen molar-refractivity contribution in [1.82, 2.24) is 24.5 Å². The quantitative estimate of drug-likeness (QED) is 0.149. The summed E-state index contributed by atoms with van der Waals surface area (Å²) in [6.45, 7) is 0. The smallest absolute Gasteiger partial charge is 0.164 e. The lowest BCUT2D eigenvalue weighted by molar-refractivity contribution is 0.669. The highest BCUT2D eigenvalue weighted by Gasteiger charge is 2.22. The Morgan fingerprint density at radius 2 is 0.800 bits per heavy atom. The van der Waals surface area contributed by atoms with Crippen molar-refractivity contribution in [2.75, 3.05) is 0 Å². The summed E-state index contributed by atoms with van der Waals surface area (Å²) in [7, 11) is 0. The highest BCUT2D eigenvalue weighted by molar-refractivity contribution is 6.27. The first-order valence-electron chi connectivity index (χ1n) is 23.5. The van der Waals surface area contributed by atoms with Crippen LogP contribution in [0.5, 0.6) is 0 Å². The first-order chi connectivity index (χ1) is 34.7. The Kier molecular flexibility index (Phi) is 9.10. The van der Waals surface area contributed by atoms with Crippen LogP contribution < -0.4 is 0 Å². The lowest BCUT2D eigenvalue weighted by Gasteiger charge is -2.16. The van der Waals surface area contributed by atoms with Crippen LogP contribution in [0.25, 0.3) is 139 Å². The fourth-order valence-corrected chi connectivity index (χ4v) is 10.4. The topological polar surface area (TPSA) is 69.6 Å². The molecule has 70 heavy (non-hydrogen) atoms. The van der Waals surface area contributed by atoms with E-state index in [9.17, 15) is 0 Å². The molecule has 0 spiro atoms. The summed E-state index contributed by atoms with van der Waals surface area (Å²) in [6.07, 6.45) is 0. The molecule has 326 valence electrons. The van der Waals surface area contributed by atoms with Crippen molar-refractivity contribution < 1.29 is 4.42 Å². The molecular formula is C64H39N5O. The number of rotatable bonds is 7. The number of aromatic nitrogens is 5. The predicted octanol–water partition coefficient (Wildman–Crippen LogP) is 16.6. The van der Waals surface area contributed by atoms with Gasteiger partial charge in [-0.3, -0.25) is 0 Å². The molecule has 0 N–H and O–H groups in total. The fraction of sp³-hybridized carbons (Fsp3) is 0. The van der Waals surface area contributed by atoms with Gasteiger partial charge in [-0.1, -0.05) is 182 Å². The van der Waals surface area contributed by atoms with E-state index in [0.29, 0.717) is 17.5 Å². The predicted molar refractivity (Wildman–Crippen MR) is 287 cm³/mol. The first-order valence-corrected chi connectivity index (χ1v) is 23.5. The number of furan rings is 1. The second-order valence-corrected chi connectivity index (χ2v) is 17.7. The van der Waals surface area contributed by atoms with Gasteiger partial charge in [0.2, 0.25) is 0 Å². The summed E-state index contributed by atoms with van der Waals surface area (Å²) in [5, 5.41) is 7.91. The van der Waals surface area contributed by atoms with Crippen molar-refractivity contribution in [3.8, 4) is 73.4 Å². The molecule has 0 aliphatic rings. The molecule has 6 nitrogen and oxygen atoms in total. The molecule has 0 unspecified atom stereocenters. The SMILES string of the molecule is c1ccc(-c2nc(-c3cccc(-c4cccc(-c5nc6ccccc6c6c(-c7ccccc7)c7c(cc56)oc5ccccc57)c4)c3)nc(-c3cccc(-n4c5ccccc5c5ccccc54)c3)n2)cc1. The summed E-state index contributed by atoms with van der Waals surface area (Å²) in [5.41, 5.74) is 14.9. The van der Waals surface area contributed by atoms with Crippen LogP contribution in [-0.2, 0) is 0 Å². The Morgan fingerprint density at radius 1 is 0.300 bits per heavy atom. The minimum atomic E-state index is 0.592. The normalized spacial score (nSPS) is 11.7. The van der Waals surface area contributed by atoms with Gasteiger partial charge < -0.3 is 8.98 Å². The zero-order valence-corrected chi connectivity index (χ0v) is 37.7. The molecule has 0 radical (unpaired) electrons. The molecule has 0 saturated carbocycles. The molecule has 14 rings (SSSR count). The Hall–Kier alpha value is -9.52. The van der Waals surface area contributed by atoms with Crippen molar-refractivity contribution in [3.05, 3.63) is 237 Å². The molecular weight excluding hydrogens is 855 g/mol. The van der Waals surface area contributed by atoms with E-state index < -0.39 is 0 Å². The Bertz CT molecular complexity index is 4310. The molecule has 14 aromatic rings. The Morgan fingerprint density at radius 3 is 1.50 bits per heavy atom. The standard InChI is InChI=1S/C64H39N5O/c1-3-18-40(19-4-1)58-59-50-30-7-11-32-53(50)65-61(52(59)39-57-60(58)51-31-10-14-35-56(51)70-57)44-24-15-22-42(36-44)43-23-16-25-45(37-43)63-66-62(41-20-5-2-6-21-41)67-64(68-63)46-26-17-27-47(38-46)69-54-33-12-8-28-48(54)49-29-9-13-34-55(49)69/h1-39H. The third kappa shape index (κ3) is 6.49. The second-order valence-electron chi connectivity index (χ2n) is 17.7. The third-order valence-electron chi connectivity index (χ3n) is 13.6. The van der Waals surface area contributed by atoms with E-state index in [4.69, 9.17) is 24.4 Å². The number of nitrogens with zero attached hydrogens (tertiary/aromatic N) is 5. The summed E-state index contributed by atoms with van der Waals surface area (Å²) < 4.78 is 8.98. The largest absolute Gasteiger partial charge is 0.456 e. The Balaban J connectivity index is 0.914. The number of hydrogen-bond donors (Lipinski definition) is 0. The second kappa shape index (κ2) is 16.1. The van der Waals surface area contributed by atoms with E-state index in [2.05, 4.69) is 205 Å². The lowest BCUT2D eigenvalue weighted by Crippen LogP contribution is -2.01. The van der Waals surface area contributed by atoms with Gasteiger partial charge in [0.25, 0.3) is 0 Å². The van der Waals surface area contributed by atoms with Crippen LogP contribution in [0.2, 0.25) is 0 Å². The summed E-state index contributed by atoms with van der Waals surface area (Å²) >= 11 is 0. The molecule has 0 atom stereocenters. The average Bonchev–Trinajstić information content (AvgIpc) is 3.98. The van der Waals surface area contributed by atoms with Crippen LogP contribution in [0, 0.1) is 0 Å². The summed E-state index contributed by atoms with van der Waals surface area (Å²) in [5.74, 6) is 1.80. The maximum absolute atomic E-state index is 6.66. The zero-order chi connectivity index (χ0) is 46.1. The van der Waals surface area contributed by atoms with Gasteiger partial charge in [0.05, 0.1) is 22.2 Å². The van der Waals surface area contributed by atoms with Crippen LogP contribution >= 0.6 is 0 Å². The number of benzene rings is 10. The van der Waals surface area contributed by atoms with Gasteiger partial charge >= 0.3 is 0 Å². The van der Waals surface area contributed by atoms with Crippen molar-refractivity contribution in [3.63, 3.8) is 0 Å². The number of para-hydroxylation sites is 4. The minimum absolute atomic E-state index is 0.592. The van der Waals surface area contributed by atoms with Crippen molar-refractivity contribution in [2.45, 2.75) is 0 Å². The molecule has 0 fully saturated rings. The van der Waals surface area contributed by atoms with Gasteiger partial charge in [-0.15, -0.1) is 0 Å². The Labute approximate surface area is 402 Å². The van der Waals surface area contributed by atoms with Crippen LogP contribution in [0.4, 0.5) is 0 Å². The molecule has 6 heteroatoms. The van der Waals surface area contributed by atoms with Gasteiger partial charge in [0.15, 0.2) is 17.5 Å². The van der Waals surface area contributed by atoms with Gasteiger partial charge in [-0.2, -0.15) is 0 Å². The fourth-order valence-electron chi connectivity index (χ4n) is 10.4. The van der Waals surface area contributed by atoms with E-state index in [0.717, 1.165) is 111 Å². The van der Waals surface area contributed by atoms with Crippen molar-refractivity contribution in [2.24, 2.45) is 0 Å². The van der Waals surface area contributed by atoms with Gasteiger partial charge in [-0.25, -0.2) is 19.9 Å². The van der Waals surface area contributed by atoms with E-state index in [1.165, 1.54) is 10.8 Å². The summed E-state index contributed by atoms with van der Waals surface area (Å²) in [6, 6.07) is 82.6. The van der Waals surface area contributed by atoms with Gasteiger partial charge in [0.1, 0.15) is 11.2 Å². The molecule has 0 saturated heterocycles. The molecule has 0 aliphatic heterocycles. The van der Waals surface area contributed by atoms with Crippen molar-refractivity contribution in [1.29, 1.82) is 0 Å². The van der Waals surface area contributed by atoms with E-state index in [1.807, 2.05) is 36.4 Å². The maximum atomic E-state index is 6.66. The van der Waals surface area contributed by atoms with E-state index in [1.54, 1.807) is 0 Å². The number of hydrogen-bond acceptors (Lipinski definition) is 5. The van der Waals surface area contributed by atoms with Crippen LogP contribution in [-0.4, -0.2) is 24.5 Å². The number of pyridine rings is 1. The lowest BCUT2D eigenvalue weighted by atomic mass is 9.89. The van der Waals surface area contributed by atoms with Crippen LogP contribution in [0.15, 0.2) is 241 Å². The molecule has 4 heterocycles. The molecule has 0 bridgehead atoms. The van der Waals surface area contributed by atoms with E-state index in [-0.39, 0.29) is 0 Å². The van der Waals surface area contributed by atoms with Crippen LogP contribution in [0.1, 0.15) is 0 Å². The number of fused-ring (bicyclic) bond motifs is 9. The summed E-state index contributed by atoms with van der Waals surface area (Å²) in [4.78, 5) is 20.9. The maximum Gasteiger partial charge on any atom is 0.164 e. The van der Waals surface area contributed by atoms with Crippen LogP contribution in [0.3, 0.4) is 0 Å². The molecule has 0 amide bonds. The first kappa shape index (κ1) is 39.6. The highest BCUT2D eigenvalue weighted by atomic mass is 16.3. The zero-order valence-electron chi connectivity index (χ0n) is 37.7. The average molecular weight is 894 g/mol. The van der Waals surface area contributed by atoms with Gasteiger partial charge in [0, 0.05) is 71.2 Å². The molecule has 10 aromatic carbocycles. The van der Waals surface area contributed by atoms with Crippen molar-refractivity contribution >= 4 is 65.4 Å². The monoisotopic (exact) mass is 893 g/mol. The van der Waals surface area contributed by atoms with E-state index >= 15 is 0 Å². The minimum Gasteiger partial charge on any atom is -0.456 e. The van der Waals surface area contributed by atoms with Gasteiger partial charge in [-0.05, 0) is 71.3 Å².